The lowest BCUT2D eigenvalue weighted by Gasteiger charge is -2.16. The zero-order valence-electron chi connectivity index (χ0n) is 9.35. The molecule has 0 saturated carbocycles. The van der Waals surface area contributed by atoms with E-state index in [9.17, 15) is 0 Å². The van der Waals surface area contributed by atoms with Gasteiger partial charge in [-0.15, -0.1) is 0 Å². The van der Waals surface area contributed by atoms with Crippen molar-refractivity contribution in [3.63, 3.8) is 0 Å². The Kier molecular flexibility index (Phi) is 2.62. The molecule has 0 aliphatic carbocycles. The highest BCUT2D eigenvalue weighted by Gasteiger charge is 2.13. The highest BCUT2D eigenvalue weighted by molar-refractivity contribution is 5.57. The van der Waals surface area contributed by atoms with E-state index in [2.05, 4.69) is 22.3 Å². The summed E-state index contributed by atoms with van der Waals surface area (Å²) < 4.78 is 10.4. The molecule has 1 aromatic heterocycles. The van der Waals surface area contributed by atoms with E-state index in [0.717, 1.165) is 18.6 Å². The highest BCUT2D eigenvalue weighted by atomic mass is 16.5. The Morgan fingerprint density at radius 2 is 2.24 bits per heavy atom. The summed E-state index contributed by atoms with van der Waals surface area (Å²) in [5.74, 6) is 1.06. The summed E-state index contributed by atoms with van der Waals surface area (Å²) >= 11 is 0. The van der Waals surface area contributed by atoms with Gasteiger partial charge in [0.05, 0.1) is 19.8 Å². The van der Waals surface area contributed by atoms with Gasteiger partial charge in [-0.05, 0) is 23.6 Å². The van der Waals surface area contributed by atoms with Crippen LogP contribution in [0.25, 0.3) is 11.4 Å². The van der Waals surface area contributed by atoms with Crippen LogP contribution in [0.2, 0.25) is 0 Å². The topological polar surface area (TPSA) is 74.2 Å². The van der Waals surface area contributed by atoms with Gasteiger partial charge in [0.15, 0.2) is 0 Å². The highest BCUT2D eigenvalue weighted by Crippen LogP contribution is 2.23. The number of nitrogens with zero attached hydrogens (tertiary/aromatic N) is 2. The van der Waals surface area contributed by atoms with Gasteiger partial charge in [-0.3, -0.25) is 0 Å². The SMILES string of the molecule is NCc1nc(-c2ccc3c(c2)CCOC3)no1. The monoisotopic (exact) mass is 231 g/mol. The molecule has 5 nitrogen and oxygen atoms in total. The predicted molar refractivity (Wildman–Crippen MR) is 61.0 cm³/mol. The van der Waals surface area contributed by atoms with Crippen molar-refractivity contribution in [1.82, 2.24) is 10.1 Å². The summed E-state index contributed by atoms with van der Waals surface area (Å²) in [5, 5.41) is 3.91. The van der Waals surface area contributed by atoms with Gasteiger partial charge in [0.2, 0.25) is 11.7 Å². The van der Waals surface area contributed by atoms with Crippen molar-refractivity contribution in [2.45, 2.75) is 19.6 Å². The van der Waals surface area contributed by atoms with Crippen molar-refractivity contribution in [2.24, 2.45) is 5.73 Å². The smallest absolute Gasteiger partial charge is 0.240 e. The molecule has 0 spiro atoms. The molecule has 1 aliphatic rings. The Balaban J connectivity index is 1.97. The predicted octanol–water partition coefficient (Wildman–Crippen LogP) is 1.27. The first-order valence-electron chi connectivity index (χ1n) is 5.59. The number of ether oxygens (including phenoxy) is 1. The summed E-state index contributed by atoms with van der Waals surface area (Å²) in [6.07, 6.45) is 0.935. The van der Waals surface area contributed by atoms with Crippen LogP contribution in [0.15, 0.2) is 22.7 Å². The van der Waals surface area contributed by atoms with E-state index in [1.54, 1.807) is 0 Å². The third-order valence-electron chi connectivity index (χ3n) is 2.88. The van der Waals surface area contributed by atoms with Crippen LogP contribution in [-0.4, -0.2) is 16.7 Å². The third kappa shape index (κ3) is 1.94. The number of fused-ring (bicyclic) bond motifs is 1. The average Bonchev–Trinajstić information content (AvgIpc) is 2.87. The van der Waals surface area contributed by atoms with Crippen LogP contribution in [-0.2, 0) is 24.3 Å². The number of aromatic nitrogens is 2. The molecule has 0 saturated heterocycles. The van der Waals surface area contributed by atoms with Crippen molar-refractivity contribution in [2.75, 3.05) is 6.61 Å². The quantitative estimate of drug-likeness (QED) is 0.842. The molecule has 5 heteroatoms. The van der Waals surface area contributed by atoms with E-state index in [4.69, 9.17) is 15.0 Å². The normalized spacial score (nSPS) is 14.6. The lowest BCUT2D eigenvalue weighted by molar-refractivity contribution is 0.111. The second-order valence-electron chi connectivity index (χ2n) is 4.00. The minimum atomic E-state index is 0.270. The van der Waals surface area contributed by atoms with Gasteiger partial charge in [-0.1, -0.05) is 17.3 Å². The summed E-state index contributed by atoms with van der Waals surface area (Å²) in [5.41, 5.74) is 8.94. The third-order valence-corrected chi connectivity index (χ3v) is 2.88. The molecule has 0 unspecified atom stereocenters. The molecule has 1 aromatic carbocycles. The van der Waals surface area contributed by atoms with Gasteiger partial charge in [0.25, 0.3) is 0 Å². The van der Waals surface area contributed by atoms with Crippen LogP contribution in [0.4, 0.5) is 0 Å². The van der Waals surface area contributed by atoms with Gasteiger partial charge in [-0.2, -0.15) is 4.98 Å². The van der Waals surface area contributed by atoms with Crippen LogP contribution >= 0.6 is 0 Å². The van der Waals surface area contributed by atoms with Crippen molar-refractivity contribution in [1.29, 1.82) is 0 Å². The molecule has 2 aromatic rings. The molecule has 17 heavy (non-hydrogen) atoms. The van der Waals surface area contributed by atoms with E-state index in [0.29, 0.717) is 18.3 Å². The Labute approximate surface area is 98.6 Å². The van der Waals surface area contributed by atoms with Gasteiger partial charge in [-0.25, -0.2) is 0 Å². The molecular weight excluding hydrogens is 218 g/mol. The Bertz CT molecular complexity index is 536. The molecule has 0 fully saturated rings. The fourth-order valence-electron chi connectivity index (χ4n) is 1.96. The second-order valence-corrected chi connectivity index (χ2v) is 4.00. The van der Waals surface area contributed by atoms with Gasteiger partial charge < -0.3 is 15.0 Å². The molecule has 3 rings (SSSR count). The van der Waals surface area contributed by atoms with Crippen LogP contribution in [0.1, 0.15) is 17.0 Å². The fourth-order valence-corrected chi connectivity index (χ4v) is 1.96. The average molecular weight is 231 g/mol. The van der Waals surface area contributed by atoms with E-state index in [1.165, 1.54) is 11.1 Å². The van der Waals surface area contributed by atoms with Crippen molar-refractivity contribution in [3.05, 3.63) is 35.2 Å². The molecule has 1 aliphatic heterocycles. The first kappa shape index (κ1) is 10.4. The summed E-state index contributed by atoms with van der Waals surface area (Å²) in [6.45, 7) is 1.73. The zero-order chi connectivity index (χ0) is 11.7. The Hall–Kier alpha value is -1.72. The maximum Gasteiger partial charge on any atom is 0.240 e. The maximum atomic E-state index is 5.44. The molecule has 2 N–H and O–H groups in total. The second kappa shape index (κ2) is 4.27. The lowest BCUT2D eigenvalue weighted by atomic mass is 10.0. The molecule has 0 bridgehead atoms. The van der Waals surface area contributed by atoms with Crippen LogP contribution in [0, 0.1) is 0 Å². The standard InChI is InChI=1S/C12H13N3O2/c13-6-11-14-12(15-17-11)9-1-2-10-7-16-4-3-8(10)5-9/h1-2,5H,3-4,6-7,13H2. The fraction of sp³-hybridized carbons (Fsp3) is 0.333. The molecule has 0 radical (unpaired) electrons. The van der Waals surface area contributed by atoms with E-state index >= 15 is 0 Å². The molecule has 0 atom stereocenters. The van der Waals surface area contributed by atoms with Gasteiger partial charge in [0, 0.05) is 5.56 Å². The van der Waals surface area contributed by atoms with Crippen molar-refractivity contribution < 1.29 is 9.26 Å². The first-order chi connectivity index (χ1) is 8.36. The minimum absolute atomic E-state index is 0.270. The number of nitrogens with two attached hydrogens (primary N) is 1. The Morgan fingerprint density at radius 3 is 3.06 bits per heavy atom. The van der Waals surface area contributed by atoms with E-state index in [1.807, 2.05) is 6.07 Å². The number of benzene rings is 1. The molecule has 88 valence electrons. The number of hydrogen-bond acceptors (Lipinski definition) is 5. The van der Waals surface area contributed by atoms with Gasteiger partial charge in [0.1, 0.15) is 0 Å². The molecule has 0 amide bonds. The summed E-state index contributed by atoms with van der Waals surface area (Å²) in [7, 11) is 0. The Morgan fingerprint density at radius 1 is 1.29 bits per heavy atom. The van der Waals surface area contributed by atoms with Gasteiger partial charge >= 0.3 is 0 Å². The molecule has 2 heterocycles. The first-order valence-corrected chi connectivity index (χ1v) is 5.59. The van der Waals surface area contributed by atoms with Crippen LogP contribution < -0.4 is 5.73 Å². The van der Waals surface area contributed by atoms with Crippen molar-refractivity contribution in [3.8, 4) is 11.4 Å². The lowest BCUT2D eigenvalue weighted by Crippen LogP contribution is -2.09. The van der Waals surface area contributed by atoms with E-state index in [-0.39, 0.29) is 6.54 Å². The maximum absolute atomic E-state index is 5.44. The summed E-state index contributed by atoms with van der Waals surface area (Å²) in [6, 6.07) is 6.14. The number of rotatable bonds is 2. The minimum Gasteiger partial charge on any atom is -0.376 e. The zero-order valence-corrected chi connectivity index (χ0v) is 9.35. The number of hydrogen-bond donors (Lipinski definition) is 1. The summed E-state index contributed by atoms with van der Waals surface area (Å²) in [4.78, 5) is 4.21. The van der Waals surface area contributed by atoms with Crippen LogP contribution in [0.3, 0.4) is 0 Å². The van der Waals surface area contributed by atoms with E-state index < -0.39 is 0 Å². The van der Waals surface area contributed by atoms with Crippen LogP contribution in [0.5, 0.6) is 0 Å². The van der Waals surface area contributed by atoms with Crippen molar-refractivity contribution >= 4 is 0 Å². The molecular formula is C12H13N3O2. The largest absolute Gasteiger partial charge is 0.376 e.